The van der Waals surface area contributed by atoms with Crippen LogP contribution in [0.3, 0.4) is 0 Å². The van der Waals surface area contributed by atoms with E-state index in [9.17, 15) is 4.79 Å². The van der Waals surface area contributed by atoms with Crippen molar-refractivity contribution in [2.75, 3.05) is 5.32 Å². The van der Waals surface area contributed by atoms with E-state index >= 15 is 0 Å². The summed E-state index contributed by atoms with van der Waals surface area (Å²) in [7, 11) is 0. The first-order valence-electron chi connectivity index (χ1n) is 9.52. The Hall–Kier alpha value is -2.17. The van der Waals surface area contributed by atoms with Crippen molar-refractivity contribution in [3.63, 3.8) is 0 Å². The van der Waals surface area contributed by atoms with E-state index in [0.29, 0.717) is 6.42 Å². The minimum absolute atomic E-state index is 0.0915. The number of benzene rings is 1. The molecule has 2 heterocycles. The second kappa shape index (κ2) is 8.28. The smallest absolute Gasteiger partial charge is 0.224 e. The number of rotatable bonds is 6. The minimum Gasteiger partial charge on any atom is -0.326 e. The molecule has 0 radical (unpaired) electrons. The maximum Gasteiger partial charge on any atom is 0.224 e. The van der Waals surface area contributed by atoms with Crippen molar-refractivity contribution in [2.45, 2.75) is 71.8 Å². The number of aromatic nitrogens is 3. The number of aryl methyl sites for hydroxylation is 2. The van der Waals surface area contributed by atoms with Crippen LogP contribution in [0.2, 0.25) is 0 Å². The molecule has 0 fully saturated rings. The van der Waals surface area contributed by atoms with Crippen molar-refractivity contribution >= 4 is 11.6 Å². The Morgan fingerprint density at radius 3 is 2.92 bits per heavy atom. The molecule has 134 valence electrons. The lowest BCUT2D eigenvalue weighted by Gasteiger charge is -2.12. The van der Waals surface area contributed by atoms with Gasteiger partial charge in [0, 0.05) is 30.6 Å². The zero-order valence-corrected chi connectivity index (χ0v) is 15.3. The predicted octanol–water partition coefficient (Wildman–Crippen LogP) is 4.50. The number of amides is 1. The lowest BCUT2D eigenvalue weighted by Crippen LogP contribution is -2.12. The van der Waals surface area contributed by atoms with E-state index in [4.69, 9.17) is 0 Å². The molecule has 0 saturated heterocycles. The highest BCUT2D eigenvalue weighted by atomic mass is 16.1. The summed E-state index contributed by atoms with van der Waals surface area (Å²) in [6, 6.07) is 6.16. The maximum atomic E-state index is 12.2. The Morgan fingerprint density at radius 2 is 2.08 bits per heavy atom. The summed E-state index contributed by atoms with van der Waals surface area (Å²) in [6.07, 6.45) is 8.35. The Balaban J connectivity index is 1.80. The van der Waals surface area contributed by atoms with Gasteiger partial charge in [-0.3, -0.25) is 4.79 Å². The largest absolute Gasteiger partial charge is 0.326 e. The molecule has 1 aliphatic rings. The standard InChI is InChI=1S/C20H28N4O/c1-3-4-6-10-19(25)21-17-14-16(12-11-15(17)2)20-23-22-18-9-7-5-8-13-24(18)20/h11-12,14H,3-10,13H2,1-2H3,(H,21,25). The summed E-state index contributed by atoms with van der Waals surface area (Å²) in [6.45, 7) is 5.15. The number of carbonyl (C=O) groups excluding carboxylic acids is 1. The quantitative estimate of drug-likeness (QED) is 0.788. The van der Waals surface area contributed by atoms with Gasteiger partial charge in [0.1, 0.15) is 5.82 Å². The Labute approximate surface area is 149 Å². The molecule has 25 heavy (non-hydrogen) atoms. The molecule has 0 atom stereocenters. The third kappa shape index (κ3) is 4.27. The average molecular weight is 340 g/mol. The van der Waals surface area contributed by atoms with Crippen molar-refractivity contribution in [1.82, 2.24) is 14.8 Å². The number of anilines is 1. The molecule has 0 aliphatic carbocycles. The van der Waals surface area contributed by atoms with Gasteiger partial charge in [-0.25, -0.2) is 0 Å². The van der Waals surface area contributed by atoms with E-state index in [-0.39, 0.29) is 5.91 Å². The lowest BCUT2D eigenvalue weighted by atomic mass is 10.1. The van der Waals surface area contributed by atoms with E-state index in [2.05, 4.69) is 39.1 Å². The van der Waals surface area contributed by atoms with Crippen LogP contribution in [0.15, 0.2) is 18.2 Å². The second-order valence-electron chi connectivity index (χ2n) is 6.94. The molecule has 5 heteroatoms. The molecule has 1 aromatic carbocycles. The molecule has 2 aromatic rings. The molecule has 3 rings (SSSR count). The van der Waals surface area contributed by atoms with Crippen LogP contribution < -0.4 is 5.32 Å². The van der Waals surface area contributed by atoms with Gasteiger partial charge in [0.2, 0.25) is 5.91 Å². The molecule has 1 amide bonds. The van der Waals surface area contributed by atoms with Gasteiger partial charge in [-0.15, -0.1) is 10.2 Å². The van der Waals surface area contributed by atoms with Gasteiger partial charge in [-0.2, -0.15) is 0 Å². The Morgan fingerprint density at radius 1 is 1.20 bits per heavy atom. The number of nitrogens with one attached hydrogen (secondary N) is 1. The fourth-order valence-corrected chi connectivity index (χ4v) is 3.34. The first-order chi connectivity index (χ1) is 12.2. The summed E-state index contributed by atoms with van der Waals surface area (Å²) in [5.74, 6) is 2.09. The molecular formula is C20H28N4O. The summed E-state index contributed by atoms with van der Waals surface area (Å²) in [5.41, 5.74) is 2.98. The summed E-state index contributed by atoms with van der Waals surface area (Å²) in [5, 5.41) is 11.9. The topological polar surface area (TPSA) is 59.8 Å². The Bertz CT molecular complexity index is 735. The van der Waals surface area contributed by atoms with Gasteiger partial charge < -0.3 is 9.88 Å². The third-order valence-corrected chi connectivity index (χ3v) is 4.89. The van der Waals surface area contributed by atoms with Crippen LogP contribution in [-0.4, -0.2) is 20.7 Å². The highest BCUT2D eigenvalue weighted by molar-refractivity contribution is 5.92. The molecule has 1 aliphatic heterocycles. The average Bonchev–Trinajstić information content (AvgIpc) is 2.85. The molecule has 1 aromatic heterocycles. The van der Waals surface area contributed by atoms with Crippen molar-refractivity contribution < 1.29 is 4.79 Å². The van der Waals surface area contributed by atoms with E-state index in [0.717, 1.165) is 60.7 Å². The van der Waals surface area contributed by atoms with Gasteiger partial charge >= 0.3 is 0 Å². The number of hydrogen-bond acceptors (Lipinski definition) is 3. The van der Waals surface area contributed by atoms with Crippen LogP contribution in [-0.2, 0) is 17.8 Å². The molecule has 1 N–H and O–H groups in total. The first kappa shape index (κ1) is 17.6. The normalized spacial score (nSPS) is 14.0. The Kier molecular flexibility index (Phi) is 5.84. The van der Waals surface area contributed by atoms with E-state index in [1.54, 1.807) is 0 Å². The predicted molar refractivity (Wildman–Crippen MR) is 101 cm³/mol. The highest BCUT2D eigenvalue weighted by Crippen LogP contribution is 2.27. The fraction of sp³-hybridized carbons (Fsp3) is 0.550. The van der Waals surface area contributed by atoms with Crippen LogP contribution in [0, 0.1) is 6.92 Å². The van der Waals surface area contributed by atoms with Gasteiger partial charge in [-0.1, -0.05) is 38.3 Å². The SMILES string of the molecule is CCCCCC(=O)Nc1cc(-c2nnc3n2CCCCC3)ccc1C. The lowest BCUT2D eigenvalue weighted by molar-refractivity contribution is -0.116. The zero-order chi connectivity index (χ0) is 17.6. The van der Waals surface area contributed by atoms with Gasteiger partial charge in [0.25, 0.3) is 0 Å². The molecular weight excluding hydrogens is 312 g/mol. The maximum absolute atomic E-state index is 12.2. The molecule has 0 saturated carbocycles. The zero-order valence-electron chi connectivity index (χ0n) is 15.3. The number of unbranched alkanes of at least 4 members (excludes halogenated alkanes) is 2. The highest BCUT2D eigenvalue weighted by Gasteiger charge is 2.17. The summed E-state index contributed by atoms with van der Waals surface area (Å²) >= 11 is 0. The van der Waals surface area contributed by atoms with Crippen molar-refractivity contribution in [3.8, 4) is 11.4 Å². The van der Waals surface area contributed by atoms with Crippen LogP contribution >= 0.6 is 0 Å². The third-order valence-electron chi connectivity index (χ3n) is 4.89. The number of nitrogens with zero attached hydrogens (tertiary/aromatic N) is 3. The van der Waals surface area contributed by atoms with Gasteiger partial charge in [-0.05, 0) is 37.8 Å². The molecule has 0 spiro atoms. The van der Waals surface area contributed by atoms with Crippen LogP contribution in [0.25, 0.3) is 11.4 Å². The minimum atomic E-state index is 0.0915. The first-order valence-corrected chi connectivity index (χ1v) is 9.52. The number of fused-ring (bicyclic) bond motifs is 1. The monoisotopic (exact) mass is 340 g/mol. The van der Waals surface area contributed by atoms with Crippen molar-refractivity contribution in [3.05, 3.63) is 29.6 Å². The number of hydrogen-bond donors (Lipinski definition) is 1. The molecule has 5 nitrogen and oxygen atoms in total. The van der Waals surface area contributed by atoms with Crippen molar-refractivity contribution in [2.24, 2.45) is 0 Å². The number of carbonyl (C=O) groups is 1. The van der Waals surface area contributed by atoms with E-state index in [1.807, 2.05) is 13.0 Å². The van der Waals surface area contributed by atoms with Crippen LogP contribution in [0.4, 0.5) is 5.69 Å². The van der Waals surface area contributed by atoms with Gasteiger partial charge in [0.05, 0.1) is 0 Å². The molecule has 0 bridgehead atoms. The summed E-state index contributed by atoms with van der Waals surface area (Å²) in [4.78, 5) is 12.2. The molecule has 0 unspecified atom stereocenters. The van der Waals surface area contributed by atoms with Gasteiger partial charge in [0.15, 0.2) is 5.82 Å². The summed E-state index contributed by atoms with van der Waals surface area (Å²) < 4.78 is 2.24. The second-order valence-corrected chi connectivity index (χ2v) is 6.94. The fourth-order valence-electron chi connectivity index (χ4n) is 3.34. The van der Waals surface area contributed by atoms with Crippen LogP contribution in [0.1, 0.15) is 63.3 Å². The van der Waals surface area contributed by atoms with Crippen LogP contribution in [0.5, 0.6) is 0 Å². The van der Waals surface area contributed by atoms with Crippen molar-refractivity contribution in [1.29, 1.82) is 0 Å². The van der Waals surface area contributed by atoms with E-state index < -0.39 is 0 Å². The van der Waals surface area contributed by atoms with E-state index in [1.165, 1.54) is 19.3 Å².